The maximum absolute atomic E-state index is 12.4. The van der Waals surface area contributed by atoms with Crippen LogP contribution in [0, 0.1) is 0 Å². The number of hydrogen-bond donors (Lipinski definition) is 3. The van der Waals surface area contributed by atoms with Crippen molar-refractivity contribution in [3.63, 3.8) is 0 Å². The Hall–Kier alpha value is -1.70. The normalized spacial score (nSPS) is 15.5. The van der Waals surface area contributed by atoms with E-state index in [9.17, 15) is 18.8 Å². The number of amides is 1. The third kappa shape index (κ3) is 5.81. The van der Waals surface area contributed by atoms with Gasteiger partial charge < -0.3 is 15.3 Å². The first-order chi connectivity index (χ1) is 7.75. The third-order valence-electron chi connectivity index (χ3n) is 1.78. The fourth-order valence-electron chi connectivity index (χ4n) is 0.681. The van der Waals surface area contributed by atoms with Crippen molar-refractivity contribution < 1.29 is 28.7 Å². The molecule has 1 amide bonds. The Morgan fingerprint density at radius 2 is 1.71 bits per heavy atom. The lowest BCUT2D eigenvalue weighted by atomic mass is 10.3. The minimum Gasteiger partial charge on any atom is -0.480 e. The van der Waals surface area contributed by atoms with Gasteiger partial charge in [-0.25, -0.2) is 9.18 Å². The van der Waals surface area contributed by atoms with Gasteiger partial charge in [-0.1, -0.05) is 0 Å². The molecule has 17 heavy (non-hydrogen) atoms. The molecule has 0 aromatic carbocycles. The van der Waals surface area contributed by atoms with Crippen LogP contribution < -0.4 is 10.8 Å². The van der Waals surface area contributed by atoms with E-state index in [0.717, 1.165) is 6.92 Å². The summed E-state index contributed by atoms with van der Waals surface area (Å²) in [4.78, 5) is 36.7. The Morgan fingerprint density at radius 1 is 1.18 bits per heavy atom. The Bertz CT molecular complexity index is 308. The highest BCUT2D eigenvalue weighted by atomic mass is 19.1. The van der Waals surface area contributed by atoms with E-state index < -0.39 is 36.1 Å². The van der Waals surface area contributed by atoms with E-state index in [2.05, 4.69) is 10.2 Å². The van der Waals surface area contributed by atoms with E-state index in [1.807, 2.05) is 5.48 Å². The van der Waals surface area contributed by atoms with Gasteiger partial charge in [0.2, 0.25) is 5.91 Å². The number of halogens is 1. The van der Waals surface area contributed by atoms with Crippen molar-refractivity contribution in [1.29, 1.82) is 0 Å². The average Bonchev–Trinajstić information content (AvgIpc) is 2.24. The van der Waals surface area contributed by atoms with E-state index in [1.165, 1.54) is 13.8 Å². The summed E-state index contributed by atoms with van der Waals surface area (Å²) in [7, 11) is 0. The molecule has 0 rings (SSSR count). The zero-order valence-corrected chi connectivity index (χ0v) is 9.69. The molecule has 98 valence electrons. The van der Waals surface area contributed by atoms with Gasteiger partial charge in [-0.05, 0) is 20.8 Å². The van der Waals surface area contributed by atoms with Crippen molar-refractivity contribution >= 4 is 17.8 Å². The lowest BCUT2D eigenvalue weighted by molar-refractivity contribution is -0.159. The second kappa shape index (κ2) is 6.79. The molecule has 7 nitrogen and oxygen atoms in total. The van der Waals surface area contributed by atoms with Gasteiger partial charge in [0.05, 0.1) is 0 Å². The maximum atomic E-state index is 12.4. The predicted molar refractivity (Wildman–Crippen MR) is 54.5 cm³/mol. The smallest absolute Gasteiger partial charge is 0.359 e. The molecule has 0 aromatic heterocycles. The van der Waals surface area contributed by atoms with E-state index in [0.29, 0.717) is 0 Å². The summed E-state index contributed by atoms with van der Waals surface area (Å²) in [6.45, 7) is 3.60. The molecule has 0 aromatic rings. The van der Waals surface area contributed by atoms with Gasteiger partial charge in [0, 0.05) is 0 Å². The van der Waals surface area contributed by atoms with Crippen molar-refractivity contribution in [3.05, 3.63) is 0 Å². The van der Waals surface area contributed by atoms with E-state index in [4.69, 9.17) is 5.11 Å². The molecule has 0 aliphatic carbocycles. The van der Waals surface area contributed by atoms with Gasteiger partial charge >= 0.3 is 11.9 Å². The highest BCUT2D eigenvalue weighted by Gasteiger charge is 2.21. The van der Waals surface area contributed by atoms with Crippen molar-refractivity contribution in [3.8, 4) is 0 Å². The van der Waals surface area contributed by atoms with Gasteiger partial charge in [-0.2, -0.15) is 0 Å². The van der Waals surface area contributed by atoms with Crippen LogP contribution in [-0.4, -0.2) is 41.2 Å². The number of aliphatic carboxylic acids is 1. The number of carbonyl (C=O) groups is 3. The summed E-state index contributed by atoms with van der Waals surface area (Å²) in [5.41, 5.74) is 2.01. The van der Waals surface area contributed by atoms with Crippen molar-refractivity contribution in [1.82, 2.24) is 10.8 Å². The molecule has 0 spiro atoms. The Morgan fingerprint density at radius 3 is 2.12 bits per heavy atom. The molecule has 0 aliphatic heterocycles. The topological polar surface area (TPSA) is 105 Å². The Kier molecular flexibility index (Phi) is 6.11. The highest BCUT2D eigenvalue weighted by molar-refractivity contribution is 5.86. The Balaban J connectivity index is 4.06. The van der Waals surface area contributed by atoms with Gasteiger partial charge in [0.1, 0.15) is 12.1 Å². The van der Waals surface area contributed by atoms with Crippen LogP contribution in [0.3, 0.4) is 0 Å². The van der Waals surface area contributed by atoms with Crippen LogP contribution in [0.1, 0.15) is 20.8 Å². The van der Waals surface area contributed by atoms with Crippen LogP contribution in [0.4, 0.5) is 4.39 Å². The molecule has 0 radical (unpaired) electrons. The van der Waals surface area contributed by atoms with Crippen molar-refractivity contribution in [2.45, 2.75) is 39.0 Å². The molecule has 3 atom stereocenters. The largest absolute Gasteiger partial charge is 0.480 e. The monoisotopic (exact) mass is 250 g/mol. The third-order valence-corrected chi connectivity index (χ3v) is 1.78. The number of rotatable bonds is 6. The first-order valence-corrected chi connectivity index (χ1v) is 4.89. The second-order valence-corrected chi connectivity index (χ2v) is 3.45. The molecule has 0 saturated carbocycles. The summed E-state index contributed by atoms with van der Waals surface area (Å²) >= 11 is 0. The second-order valence-electron chi connectivity index (χ2n) is 3.45. The zero-order chi connectivity index (χ0) is 13.6. The molecular formula is C9H15FN2O5. The molecule has 0 fully saturated rings. The standard InChI is InChI=1S/C9H15FN2O5/c1-4(10)9(16)17-12-5(2)7(13)11-6(3)8(14)15/h4-6,12H,1-3H3,(H,11,13)(H,14,15). The highest BCUT2D eigenvalue weighted by Crippen LogP contribution is 1.92. The molecular weight excluding hydrogens is 235 g/mol. The first-order valence-electron chi connectivity index (χ1n) is 4.89. The summed E-state index contributed by atoms with van der Waals surface area (Å²) < 4.78 is 12.4. The minimum atomic E-state index is -1.81. The van der Waals surface area contributed by atoms with E-state index >= 15 is 0 Å². The van der Waals surface area contributed by atoms with Crippen LogP contribution in [0.5, 0.6) is 0 Å². The SMILES string of the molecule is CC(F)C(=O)ONC(C)C(=O)NC(C)C(=O)O. The lowest BCUT2D eigenvalue weighted by Crippen LogP contribution is -2.48. The van der Waals surface area contributed by atoms with Gasteiger partial charge in [-0.3, -0.25) is 9.59 Å². The maximum Gasteiger partial charge on any atom is 0.359 e. The van der Waals surface area contributed by atoms with Crippen LogP contribution in [0.2, 0.25) is 0 Å². The molecule has 0 heterocycles. The zero-order valence-electron chi connectivity index (χ0n) is 9.69. The van der Waals surface area contributed by atoms with Crippen LogP contribution in [0.25, 0.3) is 0 Å². The molecule has 3 unspecified atom stereocenters. The summed E-state index contributed by atoms with van der Waals surface area (Å²) in [6, 6.07) is -2.05. The summed E-state index contributed by atoms with van der Waals surface area (Å²) in [6.07, 6.45) is -1.81. The number of carboxylic acids is 1. The van der Waals surface area contributed by atoms with Crippen LogP contribution in [-0.2, 0) is 19.2 Å². The fraction of sp³-hybridized carbons (Fsp3) is 0.667. The van der Waals surface area contributed by atoms with Crippen LogP contribution in [0.15, 0.2) is 0 Å². The van der Waals surface area contributed by atoms with E-state index in [1.54, 1.807) is 0 Å². The molecule has 8 heteroatoms. The van der Waals surface area contributed by atoms with Gasteiger partial charge in [0.25, 0.3) is 0 Å². The van der Waals surface area contributed by atoms with Crippen LogP contribution >= 0.6 is 0 Å². The molecule has 3 N–H and O–H groups in total. The van der Waals surface area contributed by atoms with E-state index in [-0.39, 0.29) is 0 Å². The van der Waals surface area contributed by atoms with Crippen molar-refractivity contribution in [2.24, 2.45) is 0 Å². The van der Waals surface area contributed by atoms with Gasteiger partial charge in [-0.15, -0.1) is 5.48 Å². The van der Waals surface area contributed by atoms with Crippen molar-refractivity contribution in [2.75, 3.05) is 0 Å². The first kappa shape index (κ1) is 15.3. The predicted octanol–water partition coefficient (Wildman–Crippen LogP) is -0.630. The summed E-state index contributed by atoms with van der Waals surface area (Å²) in [5, 5.41) is 10.7. The van der Waals surface area contributed by atoms with Gasteiger partial charge in [0.15, 0.2) is 6.17 Å². The Labute approximate surface area is 97.3 Å². The number of carbonyl (C=O) groups excluding carboxylic acids is 2. The summed E-state index contributed by atoms with van der Waals surface area (Å²) in [5.74, 6) is -3.03. The number of hydroxylamine groups is 1. The minimum absolute atomic E-state index is 0.681. The lowest BCUT2D eigenvalue weighted by Gasteiger charge is -2.15. The molecule has 0 saturated heterocycles. The number of nitrogens with one attached hydrogen (secondary N) is 2. The fourth-order valence-corrected chi connectivity index (χ4v) is 0.681. The molecule has 0 bridgehead atoms. The molecule has 0 aliphatic rings. The number of carboxylic acid groups (broad SMARTS) is 1. The quantitative estimate of drug-likeness (QED) is 0.542. The number of hydrogen-bond acceptors (Lipinski definition) is 5. The number of alkyl halides is 1. The average molecular weight is 250 g/mol.